The Labute approximate surface area is 121 Å². The molecule has 0 radical (unpaired) electrons. The van der Waals surface area contributed by atoms with Crippen molar-refractivity contribution in [1.82, 2.24) is 0 Å². The first-order chi connectivity index (χ1) is 9.44. The Morgan fingerprint density at radius 1 is 0.900 bits per heavy atom. The third-order valence-corrected chi connectivity index (χ3v) is 3.57. The van der Waals surface area contributed by atoms with Crippen molar-refractivity contribution in [2.75, 3.05) is 13.2 Å². The number of rotatable bonds is 1. The van der Waals surface area contributed by atoms with Crippen molar-refractivity contribution in [2.45, 2.75) is 29.7 Å². The van der Waals surface area contributed by atoms with E-state index in [9.17, 15) is 20.4 Å². The first-order valence-corrected chi connectivity index (χ1v) is 6.56. The molecule has 0 aliphatic carbocycles. The zero-order valence-electron chi connectivity index (χ0n) is 10.6. The van der Waals surface area contributed by atoms with Gasteiger partial charge < -0.3 is 29.9 Å². The van der Waals surface area contributed by atoms with Crippen LogP contribution in [0.2, 0.25) is 0 Å². The summed E-state index contributed by atoms with van der Waals surface area (Å²) in [5.74, 6) is 0. The zero-order valence-corrected chi connectivity index (χ0v) is 11.3. The third kappa shape index (κ3) is 3.29. The molecule has 1 aliphatic heterocycles. The van der Waals surface area contributed by atoms with Gasteiger partial charge in [0, 0.05) is 5.56 Å². The van der Waals surface area contributed by atoms with Gasteiger partial charge in [0.2, 0.25) is 0 Å². The van der Waals surface area contributed by atoms with Crippen molar-refractivity contribution in [1.29, 1.82) is 0 Å². The van der Waals surface area contributed by atoms with Gasteiger partial charge in [-0.3, -0.25) is 0 Å². The molecular weight excluding hydrogens is 288 g/mol. The SMILES string of the molecule is O[C@@H]1[C@@H](O)[C@@H](O)COC(Cl)(c2ccccc2)OC[C@H]1O. The number of ether oxygens (including phenoxy) is 2. The lowest BCUT2D eigenvalue weighted by Gasteiger charge is -2.28. The van der Waals surface area contributed by atoms with Crippen molar-refractivity contribution in [3.05, 3.63) is 35.9 Å². The van der Waals surface area contributed by atoms with Gasteiger partial charge in [-0.1, -0.05) is 41.9 Å². The predicted molar refractivity (Wildman–Crippen MR) is 69.9 cm³/mol. The average molecular weight is 305 g/mol. The normalized spacial score (nSPS) is 39.6. The van der Waals surface area contributed by atoms with Gasteiger partial charge in [-0.2, -0.15) is 0 Å². The van der Waals surface area contributed by atoms with Crippen LogP contribution in [0.15, 0.2) is 30.3 Å². The molecule has 0 amide bonds. The molecule has 1 aliphatic rings. The molecule has 2 rings (SSSR count). The highest BCUT2D eigenvalue weighted by Crippen LogP contribution is 2.33. The van der Waals surface area contributed by atoms with E-state index in [-0.39, 0.29) is 13.2 Å². The molecular formula is C13H17ClO6. The first kappa shape index (κ1) is 15.7. The van der Waals surface area contributed by atoms with Crippen LogP contribution in [0.1, 0.15) is 5.56 Å². The molecule has 1 unspecified atom stereocenters. The largest absolute Gasteiger partial charge is 0.388 e. The second-order valence-electron chi connectivity index (χ2n) is 4.64. The maximum Gasteiger partial charge on any atom is 0.276 e. The lowest BCUT2D eigenvalue weighted by molar-refractivity contribution is -0.205. The predicted octanol–water partition coefficient (Wildman–Crippen LogP) is -0.474. The minimum Gasteiger partial charge on any atom is -0.388 e. The Morgan fingerprint density at radius 3 is 1.80 bits per heavy atom. The standard InChI is InChI=1S/C13H17ClO6/c14-13(8-4-2-1-3-5-8)19-6-9(15)11(17)12(18)10(16)7-20-13/h1-5,9-12,15-18H,6-7H2/t9-,10+,11-,12-,13?/m0/s1. The smallest absolute Gasteiger partial charge is 0.276 e. The van der Waals surface area contributed by atoms with Crippen LogP contribution < -0.4 is 0 Å². The van der Waals surface area contributed by atoms with Crippen molar-refractivity contribution in [3.63, 3.8) is 0 Å². The summed E-state index contributed by atoms with van der Waals surface area (Å²) in [7, 11) is 0. The Hall–Kier alpha value is -0.730. The lowest BCUT2D eigenvalue weighted by atomic mass is 10.0. The van der Waals surface area contributed by atoms with Crippen LogP contribution in [0.4, 0.5) is 0 Å². The summed E-state index contributed by atoms with van der Waals surface area (Å²) in [6, 6.07) is 8.58. The van der Waals surface area contributed by atoms with Crippen molar-refractivity contribution >= 4 is 11.6 Å². The molecule has 4 N–H and O–H groups in total. The number of benzene rings is 1. The van der Waals surface area contributed by atoms with Crippen LogP contribution in [0.25, 0.3) is 0 Å². The van der Waals surface area contributed by atoms with E-state index in [4.69, 9.17) is 21.1 Å². The molecule has 20 heavy (non-hydrogen) atoms. The van der Waals surface area contributed by atoms with Gasteiger partial charge in [-0.15, -0.1) is 0 Å². The average Bonchev–Trinajstić information content (AvgIpc) is 2.51. The van der Waals surface area contributed by atoms with E-state index in [1.807, 2.05) is 0 Å². The molecule has 0 bridgehead atoms. The number of hydrogen-bond donors (Lipinski definition) is 4. The van der Waals surface area contributed by atoms with Crippen molar-refractivity contribution in [3.8, 4) is 0 Å². The van der Waals surface area contributed by atoms with E-state index >= 15 is 0 Å². The minimum atomic E-state index is -1.70. The Balaban J connectivity index is 2.24. The summed E-state index contributed by atoms with van der Waals surface area (Å²) in [4.78, 5) is 0. The van der Waals surface area contributed by atoms with Crippen molar-refractivity contribution < 1.29 is 29.9 Å². The van der Waals surface area contributed by atoms with Crippen LogP contribution in [-0.2, 0) is 14.7 Å². The highest BCUT2D eigenvalue weighted by molar-refractivity contribution is 6.22. The molecule has 1 saturated heterocycles. The van der Waals surface area contributed by atoms with Gasteiger partial charge in [0.15, 0.2) is 0 Å². The number of alkyl halides is 1. The van der Waals surface area contributed by atoms with Gasteiger partial charge in [0.25, 0.3) is 5.25 Å². The number of aliphatic hydroxyl groups excluding tert-OH is 4. The molecule has 0 aromatic heterocycles. The van der Waals surface area contributed by atoms with Gasteiger partial charge >= 0.3 is 0 Å². The molecule has 5 atom stereocenters. The van der Waals surface area contributed by atoms with Crippen molar-refractivity contribution in [2.24, 2.45) is 0 Å². The van der Waals surface area contributed by atoms with Gasteiger partial charge in [-0.25, -0.2) is 0 Å². The number of aliphatic hydroxyl groups is 4. The van der Waals surface area contributed by atoms with E-state index in [0.717, 1.165) is 0 Å². The van der Waals surface area contributed by atoms with Gasteiger partial charge in [0.1, 0.15) is 24.4 Å². The second-order valence-corrected chi connectivity index (χ2v) is 5.14. The monoisotopic (exact) mass is 304 g/mol. The maximum absolute atomic E-state index is 9.71. The fourth-order valence-corrected chi connectivity index (χ4v) is 2.14. The molecule has 7 heteroatoms. The third-order valence-electron chi connectivity index (χ3n) is 3.14. The minimum absolute atomic E-state index is 0.358. The van der Waals surface area contributed by atoms with Gasteiger partial charge in [0.05, 0.1) is 13.2 Å². The Morgan fingerprint density at radius 2 is 1.35 bits per heavy atom. The molecule has 1 fully saturated rings. The fourth-order valence-electron chi connectivity index (χ4n) is 1.88. The Bertz CT molecular complexity index is 410. The van der Waals surface area contributed by atoms with Crippen LogP contribution in [0, 0.1) is 0 Å². The summed E-state index contributed by atoms with van der Waals surface area (Å²) < 4.78 is 10.7. The van der Waals surface area contributed by atoms with E-state index in [0.29, 0.717) is 5.56 Å². The quantitative estimate of drug-likeness (QED) is 0.523. The van der Waals surface area contributed by atoms with Crippen LogP contribution >= 0.6 is 11.6 Å². The number of halogens is 1. The molecule has 1 aromatic rings. The highest BCUT2D eigenvalue weighted by Gasteiger charge is 2.40. The molecule has 0 saturated carbocycles. The number of hydrogen-bond acceptors (Lipinski definition) is 6. The second kappa shape index (κ2) is 6.36. The molecule has 0 spiro atoms. The Kier molecular flexibility index (Phi) is 4.98. The zero-order chi connectivity index (χ0) is 14.8. The summed E-state index contributed by atoms with van der Waals surface area (Å²) in [5, 5.41) is 37.0. The molecule has 1 heterocycles. The van der Waals surface area contributed by atoms with E-state index in [1.54, 1.807) is 30.3 Å². The first-order valence-electron chi connectivity index (χ1n) is 6.18. The topological polar surface area (TPSA) is 99.4 Å². The van der Waals surface area contributed by atoms with E-state index < -0.39 is 29.7 Å². The van der Waals surface area contributed by atoms with E-state index in [1.165, 1.54) is 0 Å². The highest BCUT2D eigenvalue weighted by atomic mass is 35.5. The summed E-state index contributed by atoms with van der Waals surface area (Å²) in [5.41, 5.74) is 0.479. The van der Waals surface area contributed by atoms with Gasteiger partial charge in [-0.05, 0) is 0 Å². The van der Waals surface area contributed by atoms with Crippen LogP contribution in [-0.4, -0.2) is 58.1 Å². The molecule has 112 valence electrons. The summed E-state index contributed by atoms with van der Waals surface area (Å²) in [6.45, 7) is -0.716. The summed E-state index contributed by atoms with van der Waals surface area (Å²) in [6.07, 6.45) is -5.90. The maximum atomic E-state index is 9.71. The molecule has 1 aromatic carbocycles. The van der Waals surface area contributed by atoms with Crippen LogP contribution in [0.5, 0.6) is 0 Å². The van der Waals surface area contributed by atoms with Crippen LogP contribution in [0.3, 0.4) is 0 Å². The van der Waals surface area contributed by atoms with E-state index in [2.05, 4.69) is 0 Å². The fraction of sp³-hybridized carbons (Fsp3) is 0.538. The summed E-state index contributed by atoms with van der Waals surface area (Å²) >= 11 is 6.25. The lowest BCUT2D eigenvalue weighted by Crippen LogP contribution is -2.46. The molecule has 6 nitrogen and oxygen atoms in total.